The van der Waals surface area contributed by atoms with E-state index in [2.05, 4.69) is 10.1 Å². The molecule has 6 heteroatoms. The largest absolute Gasteiger partial charge is 0.477 e. The summed E-state index contributed by atoms with van der Waals surface area (Å²) < 4.78 is 3.43. The number of hydrogen-bond acceptors (Lipinski definition) is 3. The first-order chi connectivity index (χ1) is 7.68. The number of imidazole rings is 1. The Labute approximate surface area is 92.2 Å². The van der Waals surface area contributed by atoms with Crippen LogP contribution in [0.4, 0.5) is 0 Å². The average Bonchev–Trinajstić information content (AvgIpc) is 2.83. The van der Waals surface area contributed by atoms with Crippen LogP contribution in [-0.4, -0.2) is 30.4 Å². The van der Waals surface area contributed by atoms with Gasteiger partial charge >= 0.3 is 5.97 Å². The third-order valence-electron chi connectivity index (χ3n) is 2.41. The molecule has 6 nitrogen and oxygen atoms in total. The molecule has 0 saturated carbocycles. The molecule has 0 bridgehead atoms. The molecule has 0 aliphatic carbocycles. The normalized spacial score (nSPS) is 10.6. The van der Waals surface area contributed by atoms with E-state index in [1.54, 1.807) is 6.20 Å². The second-order valence-electron chi connectivity index (χ2n) is 3.41. The zero-order valence-electron chi connectivity index (χ0n) is 8.87. The molecule has 0 saturated heterocycles. The third kappa shape index (κ3) is 1.95. The number of carbonyl (C=O) groups is 1. The van der Waals surface area contributed by atoms with Crippen molar-refractivity contribution >= 4 is 5.97 Å². The minimum Gasteiger partial charge on any atom is -0.477 e. The average molecular weight is 220 g/mol. The van der Waals surface area contributed by atoms with Crippen LogP contribution in [0.2, 0.25) is 0 Å². The first kappa shape index (κ1) is 10.4. The van der Waals surface area contributed by atoms with Crippen LogP contribution >= 0.6 is 0 Å². The van der Waals surface area contributed by atoms with Gasteiger partial charge in [-0.2, -0.15) is 5.10 Å². The molecule has 84 valence electrons. The highest BCUT2D eigenvalue weighted by atomic mass is 16.4. The van der Waals surface area contributed by atoms with Gasteiger partial charge in [-0.3, -0.25) is 4.68 Å². The number of aromatic nitrogens is 4. The van der Waals surface area contributed by atoms with E-state index in [0.29, 0.717) is 13.1 Å². The molecule has 0 radical (unpaired) electrons. The highest BCUT2D eigenvalue weighted by molar-refractivity contribution is 5.85. The fraction of sp³-hybridized carbons (Fsp3) is 0.300. The SMILES string of the molecule is Cc1nccn1CCn1nccc1C(=O)O. The Kier molecular flexibility index (Phi) is 2.72. The quantitative estimate of drug-likeness (QED) is 0.826. The van der Waals surface area contributed by atoms with Crippen LogP contribution < -0.4 is 0 Å². The zero-order chi connectivity index (χ0) is 11.5. The molecule has 0 fully saturated rings. The molecule has 1 N–H and O–H groups in total. The minimum atomic E-state index is -0.958. The fourth-order valence-electron chi connectivity index (χ4n) is 1.54. The van der Waals surface area contributed by atoms with Crippen molar-refractivity contribution in [3.05, 3.63) is 36.2 Å². The van der Waals surface area contributed by atoms with Crippen molar-refractivity contribution in [2.45, 2.75) is 20.0 Å². The smallest absolute Gasteiger partial charge is 0.354 e. The Morgan fingerprint density at radius 3 is 2.88 bits per heavy atom. The van der Waals surface area contributed by atoms with Crippen LogP contribution in [0.1, 0.15) is 16.3 Å². The van der Waals surface area contributed by atoms with Crippen LogP contribution in [0, 0.1) is 6.92 Å². The standard InChI is InChI=1S/C10H12N4O2/c1-8-11-4-5-13(8)6-7-14-9(10(15)16)2-3-12-14/h2-5H,6-7H2,1H3,(H,15,16). The Balaban J connectivity index is 2.08. The van der Waals surface area contributed by atoms with E-state index in [9.17, 15) is 4.79 Å². The topological polar surface area (TPSA) is 72.9 Å². The highest BCUT2D eigenvalue weighted by Crippen LogP contribution is 2.01. The maximum absolute atomic E-state index is 10.8. The molecule has 2 aromatic heterocycles. The number of rotatable bonds is 4. The minimum absolute atomic E-state index is 0.206. The van der Waals surface area contributed by atoms with E-state index in [-0.39, 0.29) is 5.69 Å². The fourth-order valence-corrected chi connectivity index (χ4v) is 1.54. The predicted molar refractivity (Wildman–Crippen MR) is 56.2 cm³/mol. The van der Waals surface area contributed by atoms with Crippen LogP contribution in [0.15, 0.2) is 24.7 Å². The maximum Gasteiger partial charge on any atom is 0.354 e. The molecule has 0 aromatic carbocycles. The van der Waals surface area contributed by atoms with Gasteiger partial charge < -0.3 is 9.67 Å². The van der Waals surface area contributed by atoms with Gasteiger partial charge in [-0.25, -0.2) is 9.78 Å². The molecule has 2 heterocycles. The molecule has 0 unspecified atom stereocenters. The molecule has 16 heavy (non-hydrogen) atoms. The number of carboxylic acid groups (broad SMARTS) is 1. The van der Waals surface area contributed by atoms with E-state index < -0.39 is 5.97 Å². The lowest BCUT2D eigenvalue weighted by molar-refractivity contribution is 0.0683. The van der Waals surface area contributed by atoms with Gasteiger partial charge in [0.25, 0.3) is 0 Å². The molecule has 0 atom stereocenters. The van der Waals surface area contributed by atoms with Crippen molar-refractivity contribution in [2.75, 3.05) is 0 Å². The third-order valence-corrected chi connectivity index (χ3v) is 2.41. The van der Waals surface area contributed by atoms with Crippen LogP contribution in [0.5, 0.6) is 0 Å². The second kappa shape index (κ2) is 4.18. The van der Waals surface area contributed by atoms with Crippen molar-refractivity contribution in [3.8, 4) is 0 Å². The molecular formula is C10H12N4O2. The molecule has 0 aliphatic rings. The van der Waals surface area contributed by atoms with Crippen molar-refractivity contribution in [3.63, 3.8) is 0 Å². The Hall–Kier alpha value is -2.11. The number of hydrogen-bond donors (Lipinski definition) is 1. The first-order valence-electron chi connectivity index (χ1n) is 4.91. The van der Waals surface area contributed by atoms with Gasteiger partial charge in [-0.15, -0.1) is 0 Å². The second-order valence-corrected chi connectivity index (χ2v) is 3.41. The highest BCUT2D eigenvalue weighted by Gasteiger charge is 2.09. The maximum atomic E-state index is 10.8. The van der Waals surface area contributed by atoms with Crippen LogP contribution in [-0.2, 0) is 13.1 Å². The Bertz CT molecular complexity index is 500. The number of carboxylic acids is 1. The van der Waals surface area contributed by atoms with E-state index in [1.165, 1.54) is 16.9 Å². The molecule has 0 spiro atoms. The van der Waals surface area contributed by atoms with Crippen molar-refractivity contribution in [2.24, 2.45) is 0 Å². The zero-order valence-corrected chi connectivity index (χ0v) is 8.87. The Morgan fingerprint density at radius 1 is 1.44 bits per heavy atom. The number of aromatic carboxylic acids is 1. The number of aryl methyl sites for hydroxylation is 3. The van der Waals surface area contributed by atoms with Gasteiger partial charge in [-0.1, -0.05) is 0 Å². The van der Waals surface area contributed by atoms with Crippen molar-refractivity contribution in [1.82, 2.24) is 19.3 Å². The van der Waals surface area contributed by atoms with Gasteiger partial charge in [0.05, 0.1) is 6.54 Å². The lowest BCUT2D eigenvalue weighted by Crippen LogP contribution is -2.14. The Morgan fingerprint density at radius 2 is 2.25 bits per heavy atom. The predicted octanol–water partition coefficient (Wildman–Crippen LogP) is 0.786. The molecular weight excluding hydrogens is 208 g/mol. The summed E-state index contributed by atoms with van der Waals surface area (Å²) in [5, 5.41) is 12.9. The summed E-state index contributed by atoms with van der Waals surface area (Å²) in [4.78, 5) is 14.9. The summed E-state index contributed by atoms with van der Waals surface area (Å²) >= 11 is 0. The monoisotopic (exact) mass is 220 g/mol. The molecule has 0 aliphatic heterocycles. The summed E-state index contributed by atoms with van der Waals surface area (Å²) in [7, 11) is 0. The van der Waals surface area contributed by atoms with E-state index in [4.69, 9.17) is 5.11 Å². The van der Waals surface area contributed by atoms with Crippen LogP contribution in [0.3, 0.4) is 0 Å². The van der Waals surface area contributed by atoms with E-state index >= 15 is 0 Å². The summed E-state index contributed by atoms with van der Waals surface area (Å²) in [5.41, 5.74) is 0.206. The van der Waals surface area contributed by atoms with Crippen molar-refractivity contribution < 1.29 is 9.90 Å². The first-order valence-corrected chi connectivity index (χ1v) is 4.91. The number of nitrogens with zero attached hydrogens (tertiary/aromatic N) is 4. The van der Waals surface area contributed by atoms with Gasteiger partial charge in [0.2, 0.25) is 0 Å². The summed E-state index contributed by atoms with van der Waals surface area (Å²) in [6, 6.07) is 1.49. The molecule has 2 rings (SSSR count). The van der Waals surface area contributed by atoms with Crippen LogP contribution in [0.25, 0.3) is 0 Å². The molecule has 2 aromatic rings. The lowest BCUT2D eigenvalue weighted by Gasteiger charge is -2.06. The summed E-state index contributed by atoms with van der Waals surface area (Å²) in [6.07, 6.45) is 5.07. The van der Waals surface area contributed by atoms with Crippen molar-refractivity contribution in [1.29, 1.82) is 0 Å². The molecule has 0 amide bonds. The van der Waals surface area contributed by atoms with E-state index in [1.807, 2.05) is 17.7 Å². The lowest BCUT2D eigenvalue weighted by atomic mass is 10.4. The van der Waals surface area contributed by atoms with Gasteiger partial charge in [0.1, 0.15) is 11.5 Å². The summed E-state index contributed by atoms with van der Waals surface area (Å²) in [5.74, 6) is -0.0520. The van der Waals surface area contributed by atoms with Gasteiger partial charge in [-0.05, 0) is 13.0 Å². The van der Waals surface area contributed by atoms with Gasteiger partial charge in [0, 0.05) is 25.1 Å². The van der Waals surface area contributed by atoms with E-state index in [0.717, 1.165) is 5.82 Å². The van der Waals surface area contributed by atoms with Gasteiger partial charge in [0.15, 0.2) is 0 Å². The summed E-state index contributed by atoms with van der Waals surface area (Å²) in [6.45, 7) is 3.08.